The van der Waals surface area contributed by atoms with Crippen molar-refractivity contribution in [1.82, 2.24) is 4.90 Å². The lowest BCUT2D eigenvalue weighted by Gasteiger charge is -2.16. The van der Waals surface area contributed by atoms with E-state index in [1.54, 1.807) is 18.2 Å². The van der Waals surface area contributed by atoms with Crippen LogP contribution in [0.15, 0.2) is 54.6 Å². The van der Waals surface area contributed by atoms with E-state index >= 15 is 0 Å². The van der Waals surface area contributed by atoms with E-state index in [9.17, 15) is 14.9 Å². The lowest BCUT2D eigenvalue weighted by molar-refractivity contribution is -0.384. The van der Waals surface area contributed by atoms with Crippen molar-refractivity contribution in [2.24, 2.45) is 0 Å². The van der Waals surface area contributed by atoms with Crippen LogP contribution in [0.1, 0.15) is 41.3 Å². The van der Waals surface area contributed by atoms with Crippen LogP contribution in [0, 0.1) is 10.1 Å². The highest BCUT2D eigenvalue weighted by atomic mass is 16.6. The zero-order valence-corrected chi connectivity index (χ0v) is 16.3. The molecule has 0 bridgehead atoms. The van der Waals surface area contributed by atoms with Gasteiger partial charge in [0.25, 0.3) is 11.6 Å². The average Bonchev–Trinajstić information content (AvgIpc) is 3.52. The third-order valence-corrected chi connectivity index (χ3v) is 4.92. The van der Waals surface area contributed by atoms with Gasteiger partial charge in [-0.15, -0.1) is 0 Å². The van der Waals surface area contributed by atoms with Crippen molar-refractivity contribution >= 4 is 28.6 Å². The van der Waals surface area contributed by atoms with Crippen molar-refractivity contribution in [2.45, 2.75) is 19.8 Å². The SMILES string of the molecule is C=C(c1ccc(C(=O)Nc2cc([N+](=O)[O-])ccc2C(C)=C2CC2)cc1)N(C)C. The first-order chi connectivity index (χ1) is 13.3. The summed E-state index contributed by atoms with van der Waals surface area (Å²) < 4.78 is 0. The van der Waals surface area contributed by atoms with E-state index in [4.69, 9.17) is 0 Å². The Balaban J connectivity index is 1.89. The number of amides is 1. The molecule has 0 heterocycles. The number of nitrogens with one attached hydrogen (secondary N) is 1. The Morgan fingerprint density at radius 1 is 1.11 bits per heavy atom. The second-order valence-corrected chi connectivity index (χ2v) is 7.09. The third-order valence-electron chi connectivity index (χ3n) is 4.92. The lowest BCUT2D eigenvalue weighted by Crippen LogP contribution is -2.14. The maximum absolute atomic E-state index is 12.7. The predicted molar refractivity (Wildman–Crippen MR) is 112 cm³/mol. The number of rotatable bonds is 6. The molecule has 0 aliphatic heterocycles. The van der Waals surface area contributed by atoms with Crippen LogP contribution in [0.3, 0.4) is 0 Å². The van der Waals surface area contributed by atoms with E-state index in [-0.39, 0.29) is 11.6 Å². The van der Waals surface area contributed by atoms with Crippen LogP contribution in [0.4, 0.5) is 11.4 Å². The van der Waals surface area contributed by atoms with Crippen LogP contribution in [0.25, 0.3) is 11.3 Å². The Morgan fingerprint density at radius 3 is 2.25 bits per heavy atom. The number of nitro benzene ring substituents is 1. The van der Waals surface area contributed by atoms with Crippen LogP contribution >= 0.6 is 0 Å². The van der Waals surface area contributed by atoms with Crippen molar-refractivity contribution < 1.29 is 9.72 Å². The molecule has 3 rings (SSSR count). The molecule has 6 nitrogen and oxygen atoms in total. The Kier molecular flexibility index (Phi) is 5.31. The molecule has 2 aromatic carbocycles. The minimum atomic E-state index is -0.458. The van der Waals surface area contributed by atoms with Gasteiger partial charge in [-0.05, 0) is 49.1 Å². The van der Waals surface area contributed by atoms with Crippen LogP contribution in [0.2, 0.25) is 0 Å². The molecule has 2 aromatic rings. The highest BCUT2D eigenvalue weighted by Crippen LogP contribution is 2.39. The zero-order valence-electron chi connectivity index (χ0n) is 16.3. The minimum Gasteiger partial charge on any atom is -0.378 e. The fraction of sp³-hybridized carbons (Fsp3) is 0.227. The molecule has 0 atom stereocenters. The highest BCUT2D eigenvalue weighted by molar-refractivity contribution is 6.06. The zero-order chi connectivity index (χ0) is 20.4. The molecule has 28 heavy (non-hydrogen) atoms. The van der Waals surface area contributed by atoms with Gasteiger partial charge >= 0.3 is 0 Å². The Labute approximate surface area is 164 Å². The van der Waals surface area contributed by atoms with E-state index in [0.717, 1.165) is 35.2 Å². The van der Waals surface area contributed by atoms with E-state index in [2.05, 4.69) is 11.9 Å². The average molecular weight is 377 g/mol. The van der Waals surface area contributed by atoms with Crippen LogP contribution in [0.5, 0.6) is 0 Å². The van der Waals surface area contributed by atoms with Crippen molar-refractivity contribution in [1.29, 1.82) is 0 Å². The summed E-state index contributed by atoms with van der Waals surface area (Å²) in [5, 5.41) is 14.0. The second kappa shape index (κ2) is 7.68. The quantitative estimate of drug-likeness (QED) is 0.571. The lowest BCUT2D eigenvalue weighted by atomic mass is 10.0. The number of hydrogen-bond acceptors (Lipinski definition) is 4. The summed E-state index contributed by atoms with van der Waals surface area (Å²) in [6.45, 7) is 5.99. The van der Waals surface area contributed by atoms with Gasteiger partial charge in [0.15, 0.2) is 0 Å². The summed E-state index contributed by atoms with van der Waals surface area (Å²) in [4.78, 5) is 25.3. The monoisotopic (exact) mass is 377 g/mol. The van der Waals surface area contributed by atoms with Gasteiger partial charge in [0.1, 0.15) is 0 Å². The van der Waals surface area contributed by atoms with Gasteiger partial charge in [-0.3, -0.25) is 14.9 Å². The summed E-state index contributed by atoms with van der Waals surface area (Å²) in [5.41, 5.74) is 5.86. The van der Waals surface area contributed by atoms with E-state index in [0.29, 0.717) is 11.3 Å². The molecule has 6 heteroatoms. The highest BCUT2D eigenvalue weighted by Gasteiger charge is 2.20. The topological polar surface area (TPSA) is 75.5 Å². The number of hydrogen-bond donors (Lipinski definition) is 1. The summed E-state index contributed by atoms with van der Waals surface area (Å²) in [6, 6.07) is 11.7. The van der Waals surface area contributed by atoms with Crippen LogP contribution in [-0.4, -0.2) is 29.8 Å². The van der Waals surface area contributed by atoms with Gasteiger partial charge in [0, 0.05) is 43.1 Å². The molecular formula is C22H23N3O3. The van der Waals surface area contributed by atoms with Crippen molar-refractivity contribution in [3.05, 3.63) is 81.4 Å². The number of nitro groups is 1. The smallest absolute Gasteiger partial charge is 0.271 e. The first-order valence-electron chi connectivity index (χ1n) is 9.03. The van der Waals surface area contributed by atoms with Crippen molar-refractivity contribution in [3.8, 4) is 0 Å². The molecule has 0 aromatic heterocycles. The molecule has 1 fully saturated rings. The Hall–Kier alpha value is -3.41. The van der Waals surface area contributed by atoms with E-state index in [1.165, 1.54) is 17.7 Å². The fourth-order valence-corrected chi connectivity index (χ4v) is 2.97. The molecule has 0 spiro atoms. The van der Waals surface area contributed by atoms with Gasteiger partial charge in [0.2, 0.25) is 0 Å². The second-order valence-electron chi connectivity index (χ2n) is 7.09. The first-order valence-corrected chi connectivity index (χ1v) is 9.03. The molecule has 1 N–H and O–H groups in total. The number of anilines is 1. The van der Waals surface area contributed by atoms with E-state index in [1.807, 2.05) is 38.1 Å². The largest absolute Gasteiger partial charge is 0.378 e. The number of carbonyl (C=O) groups excluding carboxylic acids is 1. The summed E-state index contributed by atoms with van der Waals surface area (Å²) in [7, 11) is 3.81. The molecule has 0 unspecified atom stereocenters. The number of allylic oxidation sites excluding steroid dienone is 2. The maximum Gasteiger partial charge on any atom is 0.271 e. The molecule has 0 saturated heterocycles. The number of benzene rings is 2. The normalized spacial score (nSPS) is 12.3. The molecule has 1 amide bonds. The van der Waals surface area contributed by atoms with E-state index < -0.39 is 4.92 Å². The summed E-state index contributed by atoms with van der Waals surface area (Å²) in [5.74, 6) is -0.308. The third kappa shape index (κ3) is 4.11. The molecule has 0 radical (unpaired) electrons. The van der Waals surface area contributed by atoms with Crippen LogP contribution < -0.4 is 5.32 Å². The number of non-ortho nitro benzene ring substituents is 1. The predicted octanol–water partition coefficient (Wildman–Crippen LogP) is 4.95. The molecular weight excluding hydrogens is 354 g/mol. The minimum absolute atomic E-state index is 0.0507. The van der Waals surface area contributed by atoms with Crippen molar-refractivity contribution in [2.75, 3.05) is 19.4 Å². The van der Waals surface area contributed by atoms with Gasteiger partial charge in [-0.1, -0.05) is 24.3 Å². The molecule has 144 valence electrons. The van der Waals surface area contributed by atoms with Gasteiger partial charge in [-0.2, -0.15) is 0 Å². The summed E-state index contributed by atoms with van der Waals surface area (Å²) >= 11 is 0. The van der Waals surface area contributed by atoms with Crippen LogP contribution in [-0.2, 0) is 0 Å². The number of carbonyl (C=O) groups is 1. The molecule has 1 aliphatic rings. The molecule has 1 saturated carbocycles. The number of nitrogens with zero attached hydrogens (tertiary/aromatic N) is 2. The van der Waals surface area contributed by atoms with Gasteiger partial charge in [-0.25, -0.2) is 0 Å². The van der Waals surface area contributed by atoms with Gasteiger partial charge < -0.3 is 10.2 Å². The standard InChI is InChI=1S/C22H23N3O3/c1-14(16-5-6-16)20-12-11-19(25(27)28)13-21(20)23-22(26)18-9-7-17(8-10-18)15(2)24(3)4/h7-13H,2,5-6H2,1,3-4H3,(H,23,26). The molecule has 1 aliphatic carbocycles. The van der Waals surface area contributed by atoms with Gasteiger partial charge in [0.05, 0.1) is 10.6 Å². The fourth-order valence-electron chi connectivity index (χ4n) is 2.97. The summed E-state index contributed by atoms with van der Waals surface area (Å²) in [6.07, 6.45) is 2.07. The van der Waals surface area contributed by atoms with Crippen molar-refractivity contribution in [3.63, 3.8) is 0 Å². The first kappa shape index (κ1) is 19.4. The Morgan fingerprint density at radius 2 is 1.71 bits per heavy atom. The Bertz CT molecular complexity index is 983. The maximum atomic E-state index is 12.7.